The number of nitrogens with zero attached hydrogens (tertiary/aromatic N) is 4. The summed E-state index contributed by atoms with van der Waals surface area (Å²) in [5.74, 6) is 1.63. The number of H-pyrrole nitrogens is 2. The first kappa shape index (κ1) is 49.0. The Morgan fingerprint density at radius 3 is 2.41 bits per heavy atom. The maximum absolute atomic E-state index is 14.6. The molecule has 16 nitrogen and oxygen atoms in total. The minimum atomic E-state index is -1.40. The maximum Gasteiger partial charge on any atom is 0.407 e. The number of carbonyl (C=O) groups excluding carboxylic acids is 4. The number of carbonyl (C=O) groups is 4. The SMILES string of the molecule is CC.CCCC(F)OC[C@H]1CC(c2nc3c(ccc4cc5c(cc43)OCc3cc(-c4cnc([C@@H]6CC7CC7N6C(=O)[C@@H](NC(=O)OC)C(C)C)[nH]4)ccc3-5)[nH]2)N(C(=O)[C@H](NC(=O)OC)c2ccccc2)C1.[HH].[HH]. The lowest BCUT2D eigenvalue weighted by atomic mass is 9.92. The van der Waals surface area contributed by atoms with Gasteiger partial charge in [0.05, 0.1) is 55.8 Å². The van der Waals surface area contributed by atoms with Gasteiger partial charge in [-0.25, -0.2) is 23.9 Å². The van der Waals surface area contributed by atoms with Gasteiger partial charge in [0.1, 0.15) is 36.1 Å². The zero-order chi connectivity index (χ0) is 50.1. The Kier molecular flexibility index (Phi) is 14.3. The number of ether oxygens (including phenoxy) is 4. The molecule has 3 fully saturated rings. The average molecular weight is 975 g/mol. The fourth-order valence-corrected chi connectivity index (χ4v) is 10.5. The number of methoxy groups -OCH3 is 2. The molecule has 4 aliphatic rings. The monoisotopic (exact) mass is 975 g/mol. The van der Waals surface area contributed by atoms with E-state index in [0.29, 0.717) is 36.8 Å². The first-order chi connectivity index (χ1) is 34.4. The Morgan fingerprint density at radius 2 is 1.66 bits per heavy atom. The first-order valence-corrected chi connectivity index (χ1v) is 24.8. The molecule has 6 aromatic rings. The molecule has 5 heterocycles. The summed E-state index contributed by atoms with van der Waals surface area (Å²) in [7, 11) is 2.55. The number of fused-ring (bicyclic) bond motifs is 7. The second-order valence-electron chi connectivity index (χ2n) is 19.0. The van der Waals surface area contributed by atoms with Gasteiger partial charge in [0, 0.05) is 38.7 Å². The fourth-order valence-electron chi connectivity index (χ4n) is 10.5. The van der Waals surface area contributed by atoms with E-state index < -0.39 is 36.7 Å². The van der Waals surface area contributed by atoms with E-state index in [1.54, 1.807) is 29.2 Å². The van der Waals surface area contributed by atoms with Crippen LogP contribution in [-0.4, -0.2) is 99.5 Å². The molecule has 8 atom stereocenters. The number of nitrogens with one attached hydrogen (secondary N) is 4. The van der Waals surface area contributed by atoms with Gasteiger partial charge in [-0.3, -0.25) is 9.59 Å². The number of piperidine rings is 1. The molecule has 3 aliphatic heterocycles. The van der Waals surface area contributed by atoms with E-state index in [0.717, 1.165) is 74.2 Å². The van der Waals surface area contributed by atoms with Gasteiger partial charge in [-0.1, -0.05) is 89.6 Å². The Labute approximate surface area is 415 Å². The molecule has 10 rings (SSSR count). The number of alkyl carbamates (subject to hydrolysis) is 2. The van der Waals surface area contributed by atoms with Crippen LogP contribution < -0.4 is 15.4 Å². The molecule has 378 valence electrons. The number of rotatable bonds is 14. The van der Waals surface area contributed by atoms with Gasteiger partial charge in [-0.2, -0.15) is 0 Å². The van der Waals surface area contributed by atoms with Crippen LogP contribution in [0.5, 0.6) is 5.75 Å². The lowest BCUT2D eigenvalue weighted by Gasteiger charge is -2.31. The Balaban J connectivity index is 0.00000193. The number of alkyl halides is 1. The van der Waals surface area contributed by atoms with E-state index in [2.05, 4.69) is 44.9 Å². The van der Waals surface area contributed by atoms with Crippen molar-refractivity contribution in [2.24, 2.45) is 17.8 Å². The summed E-state index contributed by atoms with van der Waals surface area (Å²) >= 11 is 0. The van der Waals surface area contributed by atoms with Crippen molar-refractivity contribution in [3.05, 3.63) is 102 Å². The smallest absolute Gasteiger partial charge is 0.407 e. The molecule has 2 saturated heterocycles. The molecule has 0 bridgehead atoms. The summed E-state index contributed by atoms with van der Waals surface area (Å²) < 4.78 is 36.4. The van der Waals surface area contributed by atoms with Crippen LogP contribution in [0.15, 0.2) is 79.0 Å². The lowest BCUT2D eigenvalue weighted by molar-refractivity contribution is -0.137. The number of benzene rings is 4. The van der Waals surface area contributed by atoms with Crippen molar-refractivity contribution in [2.45, 2.75) is 110 Å². The topological polar surface area (TPSA) is 193 Å². The van der Waals surface area contributed by atoms with Crippen LogP contribution in [0.1, 0.15) is 110 Å². The van der Waals surface area contributed by atoms with Gasteiger partial charge >= 0.3 is 12.2 Å². The van der Waals surface area contributed by atoms with Crippen molar-refractivity contribution >= 4 is 45.8 Å². The van der Waals surface area contributed by atoms with E-state index in [-0.39, 0.29) is 58.2 Å². The minimum Gasteiger partial charge on any atom is -0.488 e. The second kappa shape index (κ2) is 20.8. The van der Waals surface area contributed by atoms with Gasteiger partial charge in [0.2, 0.25) is 5.91 Å². The molecular formula is C54H67FN8O8. The Morgan fingerprint density at radius 1 is 0.887 bits per heavy atom. The molecule has 17 heteroatoms. The third-order valence-electron chi connectivity index (χ3n) is 14.2. The second-order valence-corrected chi connectivity index (χ2v) is 19.0. The lowest BCUT2D eigenvalue weighted by Crippen LogP contribution is -2.52. The van der Waals surface area contributed by atoms with Crippen LogP contribution in [0, 0.1) is 17.8 Å². The van der Waals surface area contributed by atoms with Crippen LogP contribution in [0.25, 0.3) is 44.2 Å². The van der Waals surface area contributed by atoms with Gasteiger partial charge in [0.25, 0.3) is 5.91 Å². The summed E-state index contributed by atoms with van der Waals surface area (Å²) in [6.45, 7) is 10.5. The molecule has 71 heavy (non-hydrogen) atoms. The molecule has 2 aromatic heterocycles. The standard InChI is InChI=1S/C52H57FN8O8.C2H6.2H2/c1-6-10-43(53)69-25-28-17-40(60(24-28)49(62)45(59-52(65)67-5)29-11-8-7-9-12-29)48-55-37-16-14-30-19-36-34-15-13-31(18-33(34)26-68-42(36)22-35(30)46(37)57-48)38-23-54-47(56-38)41-21-32-20-39(32)61(41)50(63)44(27(2)3)58-51(64)66-4;1-2;;/h7-9,11-16,18-19,22-23,27-28,32,39-41,43-45H,6,10,17,20-21,24-26H2,1-5H3,(H,54,56)(H,55,57)(H,58,64)(H,59,65);1-2H3;2*1H/t28-,32?,39?,40?,41-,43?,44-,45+;;;/m0.../s1. The molecule has 1 saturated carbocycles. The number of amides is 4. The van der Waals surface area contributed by atoms with Gasteiger partial charge in [0.15, 0.2) is 6.36 Å². The molecule has 4 unspecified atom stereocenters. The van der Waals surface area contributed by atoms with Gasteiger partial charge in [-0.05, 0) is 83.0 Å². The molecular weight excluding hydrogens is 908 g/mol. The van der Waals surface area contributed by atoms with E-state index in [9.17, 15) is 23.6 Å². The summed E-state index contributed by atoms with van der Waals surface area (Å²) in [5, 5.41) is 7.30. The van der Waals surface area contributed by atoms with Gasteiger partial charge < -0.3 is 49.3 Å². The number of aromatic nitrogens is 4. The summed E-state index contributed by atoms with van der Waals surface area (Å²) in [6, 6.07) is 21.1. The van der Waals surface area contributed by atoms with Crippen molar-refractivity contribution in [3.8, 4) is 28.1 Å². The first-order valence-electron chi connectivity index (χ1n) is 24.8. The van der Waals surface area contributed by atoms with Crippen molar-refractivity contribution in [1.82, 2.24) is 40.4 Å². The predicted octanol–water partition coefficient (Wildman–Crippen LogP) is 10.3. The van der Waals surface area contributed by atoms with Crippen molar-refractivity contribution < 1.29 is 45.4 Å². The molecule has 0 radical (unpaired) electrons. The summed E-state index contributed by atoms with van der Waals surface area (Å²) in [4.78, 5) is 73.8. The number of likely N-dealkylation sites (tertiary alicyclic amines) is 2. The van der Waals surface area contributed by atoms with Gasteiger partial charge in [-0.15, -0.1) is 0 Å². The zero-order valence-corrected chi connectivity index (χ0v) is 41.3. The largest absolute Gasteiger partial charge is 0.488 e. The highest BCUT2D eigenvalue weighted by molar-refractivity contribution is 6.07. The number of hydrogen-bond donors (Lipinski definition) is 4. The van der Waals surface area contributed by atoms with E-state index in [4.69, 9.17) is 28.9 Å². The summed E-state index contributed by atoms with van der Waals surface area (Å²) in [5.41, 5.74) is 6.87. The molecule has 4 amide bonds. The average Bonchev–Trinajstić information content (AvgIpc) is 3.86. The zero-order valence-electron chi connectivity index (χ0n) is 41.3. The molecule has 1 aliphatic carbocycles. The highest BCUT2D eigenvalue weighted by Gasteiger charge is 2.56. The highest BCUT2D eigenvalue weighted by atomic mass is 19.1. The Bertz CT molecular complexity index is 2940. The van der Waals surface area contributed by atoms with Crippen molar-refractivity contribution in [2.75, 3.05) is 27.4 Å². The third-order valence-corrected chi connectivity index (χ3v) is 14.2. The number of imidazole rings is 2. The normalized spacial score (nSPS) is 21.0. The fraction of sp³-hybridized carbons (Fsp3) is 0.444. The minimum absolute atomic E-state index is 0. The van der Waals surface area contributed by atoms with Crippen LogP contribution in [0.3, 0.4) is 0 Å². The molecule has 4 N–H and O–H groups in total. The molecule has 4 aromatic carbocycles. The van der Waals surface area contributed by atoms with Crippen LogP contribution >= 0.6 is 0 Å². The number of halogens is 1. The quantitative estimate of drug-likeness (QED) is 0.0816. The predicted molar refractivity (Wildman–Crippen MR) is 270 cm³/mol. The molecule has 0 spiro atoms. The van der Waals surface area contributed by atoms with E-state index in [1.807, 2.05) is 70.0 Å². The van der Waals surface area contributed by atoms with Crippen molar-refractivity contribution in [3.63, 3.8) is 0 Å². The Hall–Kier alpha value is -7.01. The van der Waals surface area contributed by atoms with Crippen LogP contribution in [-0.2, 0) is 30.4 Å². The van der Waals surface area contributed by atoms with Crippen LogP contribution in [0.4, 0.5) is 14.0 Å². The van der Waals surface area contributed by atoms with Crippen molar-refractivity contribution in [1.29, 1.82) is 0 Å². The maximum atomic E-state index is 14.6. The highest BCUT2D eigenvalue weighted by Crippen LogP contribution is 2.53. The van der Waals surface area contributed by atoms with Crippen LogP contribution in [0.2, 0.25) is 0 Å². The number of aromatic amines is 2. The third kappa shape index (κ3) is 9.75. The number of hydrogen-bond acceptors (Lipinski definition) is 10. The van der Waals surface area contributed by atoms with E-state index >= 15 is 0 Å². The summed E-state index contributed by atoms with van der Waals surface area (Å²) in [6.07, 6.45) is 2.19. The van der Waals surface area contributed by atoms with E-state index in [1.165, 1.54) is 14.2 Å².